The number of nitrogens with two attached hydrogens (primary N) is 1. The van der Waals surface area contributed by atoms with E-state index in [1.54, 1.807) is 0 Å². The van der Waals surface area contributed by atoms with E-state index in [0.717, 1.165) is 32.5 Å². The van der Waals surface area contributed by atoms with Crippen LogP contribution in [0.15, 0.2) is 0 Å². The van der Waals surface area contributed by atoms with Crippen LogP contribution in [-0.2, 0) is 4.74 Å². The van der Waals surface area contributed by atoms with Crippen molar-refractivity contribution in [3.63, 3.8) is 0 Å². The van der Waals surface area contributed by atoms with Crippen molar-refractivity contribution in [3.8, 4) is 0 Å². The molecule has 0 aromatic rings. The first-order valence-corrected chi connectivity index (χ1v) is 6.83. The highest BCUT2D eigenvalue weighted by Crippen LogP contribution is 2.17. The van der Waals surface area contributed by atoms with E-state index in [9.17, 15) is 0 Å². The average molecular weight is 228 g/mol. The molecule has 0 radical (unpaired) electrons. The Morgan fingerprint density at radius 1 is 1.50 bits per heavy atom. The molecule has 0 saturated carbocycles. The van der Waals surface area contributed by atoms with Crippen LogP contribution in [0.1, 0.15) is 46.0 Å². The van der Waals surface area contributed by atoms with Gasteiger partial charge in [-0.1, -0.05) is 6.92 Å². The maximum absolute atomic E-state index is 5.85. The molecule has 0 aromatic carbocycles. The summed E-state index contributed by atoms with van der Waals surface area (Å²) in [5, 5.41) is 0. The third kappa shape index (κ3) is 4.81. The zero-order valence-corrected chi connectivity index (χ0v) is 11.0. The van der Waals surface area contributed by atoms with E-state index in [1.807, 2.05) is 0 Å². The van der Waals surface area contributed by atoms with Crippen LogP contribution in [0.25, 0.3) is 0 Å². The van der Waals surface area contributed by atoms with Crippen molar-refractivity contribution in [3.05, 3.63) is 0 Å². The van der Waals surface area contributed by atoms with E-state index >= 15 is 0 Å². The van der Waals surface area contributed by atoms with Gasteiger partial charge in [0, 0.05) is 19.2 Å². The van der Waals surface area contributed by atoms with Gasteiger partial charge in [-0.2, -0.15) is 0 Å². The second-order valence-corrected chi connectivity index (χ2v) is 4.91. The van der Waals surface area contributed by atoms with Crippen LogP contribution in [0.5, 0.6) is 0 Å². The first kappa shape index (κ1) is 13.9. The Bertz CT molecular complexity index is 169. The van der Waals surface area contributed by atoms with Crippen LogP contribution in [-0.4, -0.2) is 43.3 Å². The van der Waals surface area contributed by atoms with Crippen molar-refractivity contribution in [2.45, 2.75) is 58.1 Å². The number of nitrogens with zero attached hydrogens (tertiary/aromatic N) is 1. The Labute approximate surface area is 100 Å². The van der Waals surface area contributed by atoms with Crippen LogP contribution >= 0.6 is 0 Å². The Hall–Kier alpha value is -0.120. The molecule has 3 heteroatoms. The normalized spacial score (nSPS) is 24.6. The van der Waals surface area contributed by atoms with Crippen LogP contribution < -0.4 is 5.73 Å². The van der Waals surface area contributed by atoms with Crippen LogP contribution in [0, 0.1) is 0 Å². The summed E-state index contributed by atoms with van der Waals surface area (Å²) in [6.07, 6.45) is 6.46. The van der Waals surface area contributed by atoms with Crippen LogP contribution in [0.4, 0.5) is 0 Å². The van der Waals surface area contributed by atoms with Gasteiger partial charge < -0.3 is 10.5 Å². The van der Waals surface area contributed by atoms with Gasteiger partial charge in [0.2, 0.25) is 0 Å². The van der Waals surface area contributed by atoms with Gasteiger partial charge in [-0.05, 0) is 52.1 Å². The van der Waals surface area contributed by atoms with E-state index < -0.39 is 0 Å². The molecule has 0 amide bonds. The van der Waals surface area contributed by atoms with Gasteiger partial charge in [-0.3, -0.25) is 4.90 Å². The molecule has 2 atom stereocenters. The Kier molecular flexibility index (Phi) is 7.01. The molecule has 0 spiro atoms. The standard InChI is InChI=1S/C13H28N2O/c1-3-10-16-13-7-5-9-15(11-13)12(2)6-4-8-14/h12-13H,3-11,14H2,1-2H3. The van der Waals surface area contributed by atoms with E-state index in [0.29, 0.717) is 12.1 Å². The summed E-state index contributed by atoms with van der Waals surface area (Å²) in [5.74, 6) is 0. The minimum atomic E-state index is 0.467. The molecule has 96 valence electrons. The smallest absolute Gasteiger partial charge is 0.0702 e. The van der Waals surface area contributed by atoms with Crippen molar-refractivity contribution >= 4 is 0 Å². The van der Waals surface area contributed by atoms with E-state index in [1.165, 1.54) is 25.8 Å². The highest BCUT2D eigenvalue weighted by molar-refractivity contribution is 4.77. The first-order chi connectivity index (χ1) is 7.77. The summed E-state index contributed by atoms with van der Waals surface area (Å²) in [6.45, 7) is 8.56. The number of rotatable bonds is 7. The molecule has 0 aromatic heterocycles. The molecule has 1 saturated heterocycles. The molecule has 16 heavy (non-hydrogen) atoms. The maximum Gasteiger partial charge on any atom is 0.0702 e. The lowest BCUT2D eigenvalue weighted by atomic mass is 10.0. The number of likely N-dealkylation sites (tertiary alicyclic amines) is 1. The fourth-order valence-corrected chi connectivity index (χ4v) is 2.38. The predicted molar refractivity (Wildman–Crippen MR) is 68.6 cm³/mol. The van der Waals surface area contributed by atoms with E-state index in [4.69, 9.17) is 10.5 Å². The predicted octanol–water partition coefficient (Wildman–Crippen LogP) is 2.00. The van der Waals surface area contributed by atoms with Gasteiger partial charge in [0.05, 0.1) is 6.10 Å². The van der Waals surface area contributed by atoms with Gasteiger partial charge in [0.1, 0.15) is 0 Å². The zero-order chi connectivity index (χ0) is 11.8. The van der Waals surface area contributed by atoms with Crippen LogP contribution in [0.2, 0.25) is 0 Å². The molecule has 1 aliphatic rings. The SMILES string of the molecule is CCCOC1CCCN(C(C)CCCN)C1. The average Bonchev–Trinajstić information content (AvgIpc) is 2.33. The third-order valence-corrected chi connectivity index (χ3v) is 3.42. The summed E-state index contributed by atoms with van der Waals surface area (Å²) in [6, 6.07) is 0.663. The monoisotopic (exact) mass is 228 g/mol. The molecule has 0 aliphatic carbocycles. The largest absolute Gasteiger partial charge is 0.377 e. The molecular formula is C13H28N2O. The number of piperidine rings is 1. The van der Waals surface area contributed by atoms with Crippen molar-refractivity contribution < 1.29 is 4.74 Å². The molecule has 1 fully saturated rings. The van der Waals surface area contributed by atoms with Crippen molar-refractivity contribution in [2.24, 2.45) is 5.73 Å². The summed E-state index contributed by atoms with van der Waals surface area (Å²) in [5.41, 5.74) is 5.56. The van der Waals surface area contributed by atoms with E-state index in [-0.39, 0.29) is 0 Å². The Morgan fingerprint density at radius 3 is 3.00 bits per heavy atom. The topological polar surface area (TPSA) is 38.5 Å². The van der Waals surface area contributed by atoms with Crippen LogP contribution in [0.3, 0.4) is 0 Å². The summed E-state index contributed by atoms with van der Waals surface area (Å²) in [7, 11) is 0. The Morgan fingerprint density at radius 2 is 2.31 bits per heavy atom. The maximum atomic E-state index is 5.85. The lowest BCUT2D eigenvalue weighted by Gasteiger charge is -2.36. The van der Waals surface area contributed by atoms with Gasteiger partial charge >= 0.3 is 0 Å². The summed E-state index contributed by atoms with van der Waals surface area (Å²) >= 11 is 0. The number of hydrogen-bond acceptors (Lipinski definition) is 3. The molecule has 1 rings (SSSR count). The third-order valence-electron chi connectivity index (χ3n) is 3.42. The quantitative estimate of drug-likeness (QED) is 0.724. The first-order valence-electron chi connectivity index (χ1n) is 6.83. The highest BCUT2D eigenvalue weighted by atomic mass is 16.5. The molecule has 2 unspecified atom stereocenters. The Balaban J connectivity index is 2.25. The molecule has 0 bridgehead atoms. The molecule has 3 nitrogen and oxygen atoms in total. The zero-order valence-electron chi connectivity index (χ0n) is 11.0. The second kappa shape index (κ2) is 8.04. The van der Waals surface area contributed by atoms with Gasteiger partial charge in [-0.15, -0.1) is 0 Å². The molecule has 2 N–H and O–H groups in total. The van der Waals surface area contributed by atoms with Gasteiger partial charge in [0.25, 0.3) is 0 Å². The van der Waals surface area contributed by atoms with Gasteiger partial charge in [0.15, 0.2) is 0 Å². The highest BCUT2D eigenvalue weighted by Gasteiger charge is 2.23. The van der Waals surface area contributed by atoms with Crippen molar-refractivity contribution in [1.82, 2.24) is 4.90 Å². The summed E-state index contributed by atoms with van der Waals surface area (Å²) in [4.78, 5) is 2.57. The number of hydrogen-bond donors (Lipinski definition) is 1. The fourth-order valence-electron chi connectivity index (χ4n) is 2.38. The van der Waals surface area contributed by atoms with E-state index in [2.05, 4.69) is 18.7 Å². The fraction of sp³-hybridized carbons (Fsp3) is 1.00. The van der Waals surface area contributed by atoms with Crippen molar-refractivity contribution in [1.29, 1.82) is 0 Å². The molecule has 1 aliphatic heterocycles. The minimum Gasteiger partial charge on any atom is -0.377 e. The molecular weight excluding hydrogens is 200 g/mol. The van der Waals surface area contributed by atoms with Crippen molar-refractivity contribution in [2.75, 3.05) is 26.2 Å². The minimum absolute atomic E-state index is 0.467. The second-order valence-electron chi connectivity index (χ2n) is 4.91. The molecule has 1 heterocycles. The van der Waals surface area contributed by atoms with Gasteiger partial charge in [-0.25, -0.2) is 0 Å². The summed E-state index contributed by atoms with van der Waals surface area (Å²) < 4.78 is 5.85. The number of ether oxygens (including phenoxy) is 1. The lowest BCUT2D eigenvalue weighted by molar-refractivity contribution is -0.0114. The lowest BCUT2D eigenvalue weighted by Crippen LogP contribution is -2.44.